The van der Waals surface area contributed by atoms with Crippen LogP contribution in [-0.4, -0.2) is 9.97 Å². The van der Waals surface area contributed by atoms with Crippen LogP contribution in [0.2, 0.25) is 0 Å². The van der Waals surface area contributed by atoms with Crippen molar-refractivity contribution in [1.29, 1.82) is 0 Å². The lowest BCUT2D eigenvalue weighted by atomic mass is 10.4. The maximum Gasteiger partial charge on any atom is 0.262 e. The van der Waals surface area contributed by atoms with E-state index in [0.29, 0.717) is 15.8 Å². The number of nitrogens with zero attached hydrogens (tertiary/aromatic N) is 1. The van der Waals surface area contributed by atoms with Crippen molar-refractivity contribution in [3.05, 3.63) is 27.4 Å². The molecule has 0 bridgehead atoms. The molecule has 5 heteroatoms. The molecule has 2 rings (SSSR count). The molecule has 11 heavy (non-hydrogen) atoms. The van der Waals surface area contributed by atoms with Gasteiger partial charge < -0.3 is 9.40 Å². The average molecular weight is 215 g/mol. The fourth-order valence-corrected chi connectivity index (χ4v) is 1.22. The molecule has 2 aromatic heterocycles. The quantitative estimate of drug-likeness (QED) is 0.719. The molecule has 0 radical (unpaired) electrons. The van der Waals surface area contributed by atoms with Gasteiger partial charge in [0.25, 0.3) is 5.56 Å². The SMILES string of the molecule is O=c1[nH]cnc2oc(Br)cc12. The van der Waals surface area contributed by atoms with Crippen LogP contribution in [0.15, 0.2) is 26.3 Å². The van der Waals surface area contributed by atoms with Gasteiger partial charge in [-0.05, 0) is 15.9 Å². The van der Waals surface area contributed by atoms with Crippen LogP contribution in [0.25, 0.3) is 11.1 Å². The van der Waals surface area contributed by atoms with Crippen molar-refractivity contribution in [2.45, 2.75) is 0 Å². The third-order valence-corrected chi connectivity index (χ3v) is 1.70. The van der Waals surface area contributed by atoms with Gasteiger partial charge >= 0.3 is 0 Å². The van der Waals surface area contributed by atoms with Crippen LogP contribution >= 0.6 is 15.9 Å². The van der Waals surface area contributed by atoms with Crippen molar-refractivity contribution < 1.29 is 4.42 Å². The normalized spacial score (nSPS) is 10.6. The van der Waals surface area contributed by atoms with Crippen molar-refractivity contribution in [2.24, 2.45) is 0 Å². The van der Waals surface area contributed by atoms with E-state index in [0.717, 1.165) is 0 Å². The summed E-state index contributed by atoms with van der Waals surface area (Å²) in [5, 5.41) is 0.458. The summed E-state index contributed by atoms with van der Waals surface area (Å²) in [6, 6.07) is 1.58. The minimum atomic E-state index is -0.190. The first-order chi connectivity index (χ1) is 5.27. The number of halogens is 1. The number of nitrogens with one attached hydrogen (secondary N) is 1. The van der Waals surface area contributed by atoms with Crippen molar-refractivity contribution in [3.8, 4) is 0 Å². The van der Waals surface area contributed by atoms with Gasteiger partial charge in [0, 0.05) is 6.07 Å². The van der Waals surface area contributed by atoms with Crippen LogP contribution < -0.4 is 5.56 Å². The van der Waals surface area contributed by atoms with Gasteiger partial charge in [0.1, 0.15) is 5.39 Å². The van der Waals surface area contributed by atoms with Gasteiger partial charge in [-0.1, -0.05) is 0 Å². The Balaban J connectivity index is 3.02. The van der Waals surface area contributed by atoms with E-state index in [1.807, 2.05) is 0 Å². The molecule has 0 unspecified atom stereocenters. The lowest BCUT2D eigenvalue weighted by molar-refractivity contribution is 0.575. The highest BCUT2D eigenvalue weighted by atomic mass is 79.9. The van der Waals surface area contributed by atoms with E-state index < -0.39 is 0 Å². The zero-order chi connectivity index (χ0) is 7.84. The Kier molecular flexibility index (Phi) is 1.32. The molecule has 0 aromatic carbocycles. The van der Waals surface area contributed by atoms with Gasteiger partial charge in [-0.2, -0.15) is 0 Å². The molecule has 0 aliphatic carbocycles. The topological polar surface area (TPSA) is 58.9 Å². The molecule has 2 aromatic rings. The van der Waals surface area contributed by atoms with Gasteiger partial charge in [-0.15, -0.1) is 0 Å². The summed E-state index contributed by atoms with van der Waals surface area (Å²) in [7, 11) is 0. The molecular weight excluding hydrogens is 212 g/mol. The third-order valence-electron chi connectivity index (χ3n) is 1.30. The van der Waals surface area contributed by atoms with Gasteiger partial charge in [0.15, 0.2) is 4.67 Å². The van der Waals surface area contributed by atoms with Crippen LogP contribution in [0.3, 0.4) is 0 Å². The van der Waals surface area contributed by atoms with Crippen LogP contribution in [0.5, 0.6) is 0 Å². The Morgan fingerprint density at radius 3 is 3.18 bits per heavy atom. The fourth-order valence-electron chi connectivity index (χ4n) is 0.838. The molecule has 0 atom stereocenters. The fraction of sp³-hybridized carbons (Fsp3) is 0. The number of aromatic amines is 1. The molecule has 0 aliphatic rings. The Hall–Kier alpha value is -1.10. The molecule has 0 spiro atoms. The zero-order valence-electron chi connectivity index (χ0n) is 5.30. The van der Waals surface area contributed by atoms with E-state index in [-0.39, 0.29) is 5.56 Å². The number of aromatic nitrogens is 2. The van der Waals surface area contributed by atoms with E-state index in [1.54, 1.807) is 6.07 Å². The summed E-state index contributed by atoms with van der Waals surface area (Å²) < 4.78 is 5.55. The van der Waals surface area contributed by atoms with Crippen molar-refractivity contribution in [1.82, 2.24) is 9.97 Å². The predicted molar refractivity (Wildman–Crippen MR) is 42.3 cm³/mol. The van der Waals surface area contributed by atoms with Crippen LogP contribution in [0, 0.1) is 0 Å². The standard InChI is InChI=1S/C6H3BrN2O2/c7-4-1-3-5(10)8-2-9-6(3)11-4/h1-2H,(H,8,9,10). The number of rotatable bonds is 0. The molecule has 56 valence electrons. The van der Waals surface area contributed by atoms with Crippen molar-refractivity contribution in [3.63, 3.8) is 0 Å². The highest BCUT2D eigenvalue weighted by Crippen LogP contribution is 2.17. The van der Waals surface area contributed by atoms with Crippen LogP contribution in [0.4, 0.5) is 0 Å². The van der Waals surface area contributed by atoms with Crippen molar-refractivity contribution >= 4 is 27.0 Å². The minimum Gasteiger partial charge on any atom is -0.431 e. The number of fused-ring (bicyclic) bond motifs is 1. The lowest BCUT2D eigenvalue weighted by Gasteiger charge is -1.81. The number of hydrogen-bond acceptors (Lipinski definition) is 3. The summed E-state index contributed by atoms with van der Waals surface area (Å²) in [6.45, 7) is 0. The summed E-state index contributed by atoms with van der Waals surface area (Å²) >= 11 is 3.10. The lowest BCUT2D eigenvalue weighted by Crippen LogP contribution is -2.03. The molecule has 4 nitrogen and oxygen atoms in total. The van der Waals surface area contributed by atoms with Crippen LogP contribution in [0.1, 0.15) is 0 Å². The van der Waals surface area contributed by atoms with Gasteiger partial charge in [0.05, 0.1) is 6.33 Å². The van der Waals surface area contributed by atoms with Gasteiger partial charge in [-0.3, -0.25) is 4.79 Å². The molecule has 2 heterocycles. The maximum atomic E-state index is 11.0. The Morgan fingerprint density at radius 2 is 2.45 bits per heavy atom. The molecule has 0 saturated heterocycles. The predicted octanol–water partition coefficient (Wildman–Crippen LogP) is 1.28. The smallest absolute Gasteiger partial charge is 0.262 e. The first kappa shape index (κ1) is 6.60. The first-order valence-electron chi connectivity index (χ1n) is 2.90. The minimum absolute atomic E-state index is 0.190. The molecular formula is C6H3BrN2O2. The summed E-state index contributed by atoms with van der Waals surface area (Å²) in [5.41, 5.74) is 0.157. The maximum absolute atomic E-state index is 11.0. The highest BCUT2D eigenvalue weighted by Gasteiger charge is 2.04. The second-order valence-electron chi connectivity index (χ2n) is 2.00. The molecule has 0 saturated carbocycles. The van der Waals surface area contributed by atoms with E-state index in [2.05, 4.69) is 25.9 Å². The average Bonchev–Trinajstić information content (AvgIpc) is 2.31. The molecule has 0 fully saturated rings. The third kappa shape index (κ3) is 0.970. The molecule has 1 N–H and O–H groups in total. The van der Waals surface area contributed by atoms with Gasteiger partial charge in [-0.25, -0.2) is 4.98 Å². The van der Waals surface area contributed by atoms with Gasteiger partial charge in [0.2, 0.25) is 5.71 Å². The monoisotopic (exact) mass is 214 g/mol. The van der Waals surface area contributed by atoms with Crippen LogP contribution in [-0.2, 0) is 0 Å². The second kappa shape index (κ2) is 2.20. The Labute approximate surface area is 69.4 Å². The number of hydrogen-bond donors (Lipinski definition) is 1. The largest absolute Gasteiger partial charge is 0.431 e. The summed E-state index contributed by atoms with van der Waals surface area (Å²) in [6.07, 6.45) is 1.31. The van der Waals surface area contributed by atoms with E-state index >= 15 is 0 Å². The highest BCUT2D eigenvalue weighted by molar-refractivity contribution is 9.10. The second-order valence-corrected chi connectivity index (χ2v) is 2.78. The molecule has 0 aliphatic heterocycles. The molecule has 0 amide bonds. The van der Waals surface area contributed by atoms with E-state index in [9.17, 15) is 4.79 Å². The van der Waals surface area contributed by atoms with E-state index in [1.165, 1.54) is 6.33 Å². The Bertz CT molecular complexity index is 445. The summed E-state index contributed by atoms with van der Waals surface area (Å²) in [5.74, 6) is 0. The summed E-state index contributed by atoms with van der Waals surface area (Å²) in [4.78, 5) is 17.3. The first-order valence-corrected chi connectivity index (χ1v) is 3.69. The van der Waals surface area contributed by atoms with E-state index in [4.69, 9.17) is 4.42 Å². The number of H-pyrrole nitrogens is 1. The zero-order valence-corrected chi connectivity index (χ0v) is 6.88. The Morgan fingerprint density at radius 1 is 1.64 bits per heavy atom. The van der Waals surface area contributed by atoms with Crippen molar-refractivity contribution in [2.75, 3.05) is 0 Å². The number of furan rings is 1.